The van der Waals surface area contributed by atoms with Crippen molar-refractivity contribution in [2.24, 2.45) is 17.1 Å². The Balaban J connectivity index is 2.71. The Morgan fingerprint density at radius 3 is 2.63 bits per heavy atom. The van der Waals surface area contributed by atoms with Crippen LogP contribution in [0.3, 0.4) is 0 Å². The minimum atomic E-state index is -0.175. The normalized spacial score (nSPS) is 12.9. The molecule has 106 valence electrons. The minimum Gasteiger partial charge on any atom is -0.497 e. The average molecular weight is 264 g/mol. The van der Waals surface area contributed by atoms with Crippen molar-refractivity contribution < 1.29 is 9.53 Å². The van der Waals surface area contributed by atoms with Gasteiger partial charge in [0, 0.05) is 18.3 Å². The number of methoxy groups -OCH3 is 1. The SMILES string of the molecule is COc1cccc(NC(=O)C(CN)CC(C)(C)C)c1. The van der Waals surface area contributed by atoms with Crippen molar-refractivity contribution in [1.82, 2.24) is 0 Å². The number of carbonyl (C=O) groups is 1. The molecule has 1 aromatic carbocycles. The van der Waals surface area contributed by atoms with Gasteiger partial charge < -0.3 is 15.8 Å². The van der Waals surface area contributed by atoms with E-state index in [2.05, 4.69) is 26.1 Å². The van der Waals surface area contributed by atoms with Crippen molar-refractivity contribution in [2.45, 2.75) is 27.2 Å². The van der Waals surface area contributed by atoms with Crippen molar-refractivity contribution in [1.29, 1.82) is 0 Å². The summed E-state index contributed by atoms with van der Waals surface area (Å²) in [5.74, 6) is 0.509. The molecule has 1 unspecified atom stereocenters. The summed E-state index contributed by atoms with van der Waals surface area (Å²) in [6, 6.07) is 7.31. The van der Waals surface area contributed by atoms with Gasteiger partial charge in [-0.05, 0) is 24.0 Å². The molecule has 1 aromatic rings. The number of amides is 1. The summed E-state index contributed by atoms with van der Waals surface area (Å²) in [5.41, 5.74) is 6.52. The molecule has 0 saturated carbocycles. The fourth-order valence-electron chi connectivity index (χ4n) is 1.97. The van der Waals surface area contributed by atoms with Gasteiger partial charge in [-0.2, -0.15) is 0 Å². The average Bonchev–Trinajstić information content (AvgIpc) is 2.35. The number of carbonyl (C=O) groups excluding carboxylic acids is 1. The minimum absolute atomic E-state index is 0.0364. The molecule has 0 spiro atoms. The Hall–Kier alpha value is -1.55. The second-order valence-electron chi connectivity index (χ2n) is 5.92. The Morgan fingerprint density at radius 1 is 1.42 bits per heavy atom. The number of rotatable bonds is 5. The highest BCUT2D eigenvalue weighted by Crippen LogP contribution is 2.25. The van der Waals surface area contributed by atoms with E-state index in [0.29, 0.717) is 6.54 Å². The third-order valence-corrected chi connectivity index (χ3v) is 2.85. The van der Waals surface area contributed by atoms with Crippen molar-refractivity contribution >= 4 is 11.6 Å². The van der Waals surface area contributed by atoms with Crippen LogP contribution >= 0.6 is 0 Å². The Labute approximate surface area is 115 Å². The molecule has 19 heavy (non-hydrogen) atoms. The summed E-state index contributed by atoms with van der Waals surface area (Å²) in [4.78, 5) is 12.2. The standard InChI is InChI=1S/C15H24N2O2/c1-15(2,3)9-11(10-16)14(18)17-12-6-5-7-13(8-12)19-4/h5-8,11H,9-10,16H2,1-4H3,(H,17,18). The number of ether oxygens (including phenoxy) is 1. The van der Waals surface area contributed by atoms with Gasteiger partial charge in [-0.25, -0.2) is 0 Å². The zero-order valence-electron chi connectivity index (χ0n) is 12.2. The van der Waals surface area contributed by atoms with Gasteiger partial charge in [0.15, 0.2) is 0 Å². The van der Waals surface area contributed by atoms with E-state index in [1.165, 1.54) is 0 Å². The van der Waals surface area contributed by atoms with E-state index in [-0.39, 0.29) is 17.2 Å². The highest BCUT2D eigenvalue weighted by molar-refractivity contribution is 5.92. The van der Waals surface area contributed by atoms with Crippen LogP contribution in [0.1, 0.15) is 27.2 Å². The van der Waals surface area contributed by atoms with Crippen molar-refractivity contribution in [2.75, 3.05) is 19.0 Å². The lowest BCUT2D eigenvalue weighted by atomic mass is 9.84. The molecule has 3 N–H and O–H groups in total. The van der Waals surface area contributed by atoms with Gasteiger partial charge >= 0.3 is 0 Å². The zero-order valence-corrected chi connectivity index (χ0v) is 12.2. The van der Waals surface area contributed by atoms with Crippen LogP contribution in [0.15, 0.2) is 24.3 Å². The van der Waals surface area contributed by atoms with E-state index in [4.69, 9.17) is 10.5 Å². The monoisotopic (exact) mass is 264 g/mol. The van der Waals surface area contributed by atoms with Gasteiger partial charge in [-0.3, -0.25) is 4.79 Å². The summed E-state index contributed by atoms with van der Waals surface area (Å²) < 4.78 is 5.13. The number of hydrogen-bond acceptors (Lipinski definition) is 3. The molecule has 1 rings (SSSR count). The molecule has 0 fully saturated rings. The van der Waals surface area contributed by atoms with Gasteiger partial charge in [0.1, 0.15) is 5.75 Å². The lowest BCUT2D eigenvalue weighted by molar-refractivity contribution is -0.120. The third-order valence-electron chi connectivity index (χ3n) is 2.85. The number of nitrogens with one attached hydrogen (secondary N) is 1. The maximum absolute atomic E-state index is 12.2. The maximum Gasteiger partial charge on any atom is 0.228 e. The lowest BCUT2D eigenvalue weighted by Gasteiger charge is -2.24. The molecular weight excluding hydrogens is 240 g/mol. The van der Waals surface area contributed by atoms with Crippen LogP contribution < -0.4 is 15.8 Å². The lowest BCUT2D eigenvalue weighted by Crippen LogP contribution is -2.32. The number of anilines is 1. The summed E-state index contributed by atoms with van der Waals surface area (Å²) in [7, 11) is 1.60. The van der Waals surface area contributed by atoms with Crippen LogP contribution in [0.2, 0.25) is 0 Å². The second kappa shape index (κ2) is 6.57. The Bertz CT molecular complexity index is 424. The zero-order chi connectivity index (χ0) is 14.5. The molecule has 0 aliphatic heterocycles. The van der Waals surface area contributed by atoms with Gasteiger partial charge in [0.25, 0.3) is 0 Å². The molecule has 4 nitrogen and oxygen atoms in total. The fourth-order valence-corrected chi connectivity index (χ4v) is 1.97. The number of benzene rings is 1. The first-order chi connectivity index (χ1) is 8.85. The molecule has 0 aliphatic carbocycles. The van der Waals surface area contributed by atoms with Gasteiger partial charge in [0.05, 0.1) is 13.0 Å². The molecule has 0 bridgehead atoms. The van der Waals surface area contributed by atoms with Crippen molar-refractivity contribution in [3.63, 3.8) is 0 Å². The van der Waals surface area contributed by atoms with Crippen LogP contribution in [0, 0.1) is 11.3 Å². The molecule has 0 aliphatic rings. The maximum atomic E-state index is 12.2. The van der Waals surface area contributed by atoms with Crippen LogP contribution in [0.4, 0.5) is 5.69 Å². The van der Waals surface area contributed by atoms with E-state index in [0.717, 1.165) is 17.9 Å². The largest absolute Gasteiger partial charge is 0.497 e. The number of hydrogen-bond donors (Lipinski definition) is 2. The predicted octanol–water partition coefficient (Wildman–Crippen LogP) is 2.64. The van der Waals surface area contributed by atoms with Crippen molar-refractivity contribution in [3.8, 4) is 5.75 Å². The molecular formula is C15H24N2O2. The molecule has 0 saturated heterocycles. The Kier molecular flexibility index (Phi) is 5.36. The van der Waals surface area contributed by atoms with E-state index < -0.39 is 0 Å². The molecule has 1 atom stereocenters. The molecule has 0 heterocycles. The highest BCUT2D eigenvalue weighted by atomic mass is 16.5. The van der Waals surface area contributed by atoms with Gasteiger partial charge in [0.2, 0.25) is 5.91 Å². The van der Waals surface area contributed by atoms with E-state index in [1.807, 2.05) is 18.2 Å². The van der Waals surface area contributed by atoms with Crippen LogP contribution in [0.25, 0.3) is 0 Å². The quantitative estimate of drug-likeness (QED) is 0.859. The fraction of sp³-hybridized carbons (Fsp3) is 0.533. The first-order valence-electron chi connectivity index (χ1n) is 6.50. The summed E-state index contributed by atoms with van der Waals surface area (Å²) in [6.07, 6.45) is 0.763. The predicted molar refractivity (Wildman–Crippen MR) is 78.2 cm³/mol. The summed E-state index contributed by atoms with van der Waals surface area (Å²) in [5, 5.41) is 2.89. The second-order valence-corrected chi connectivity index (χ2v) is 5.92. The Morgan fingerprint density at radius 2 is 2.11 bits per heavy atom. The van der Waals surface area contributed by atoms with Crippen LogP contribution in [0.5, 0.6) is 5.75 Å². The smallest absolute Gasteiger partial charge is 0.228 e. The van der Waals surface area contributed by atoms with E-state index in [1.54, 1.807) is 13.2 Å². The third kappa shape index (κ3) is 5.30. The highest BCUT2D eigenvalue weighted by Gasteiger charge is 2.23. The van der Waals surface area contributed by atoms with Crippen molar-refractivity contribution in [3.05, 3.63) is 24.3 Å². The number of nitrogens with two attached hydrogens (primary N) is 1. The van der Waals surface area contributed by atoms with E-state index in [9.17, 15) is 4.79 Å². The van der Waals surface area contributed by atoms with E-state index >= 15 is 0 Å². The molecule has 1 amide bonds. The topological polar surface area (TPSA) is 64.3 Å². The summed E-state index contributed by atoms with van der Waals surface area (Å²) in [6.45, 7) is 6.67. The van der Waals surface area contributed by atoms with Crippen LogP contribution in [-0.2, 0) is 4.79 Å². The first kappa shape index (κ1) is 15.5. The van der Waals surface area contributed by atoms with Gasteiger partial charge in [-0.1, -0.05) is 26.8 Å². The van der Waals surface area contributed by atoms with Gasteiger partial charge in [-0.15, -0.1) is 0 Å². The molecule has 0 aromatic heterocycles. The van der Waals surface area contributed by atoms with Crippen LogP contribution in [-0.4, -0.2) is 19.6 Å². The molecule has 4 heteroatoms. The molecule has 0 radical (unpaired) electrons. The first-order valence-corrected chi connectivity index (χ1v) is 6.50. The summed E-state index contributed by atoms with van der Waals surface area (Å²) >= 11 is 0.